The van der Waals surface area contributed by atoms with Crippen molar-refractivity contribution in [2.45, 2.75) is 19.6 Å². The molecule has 0 aliphatic carbocycles. The number of carbonyl (C=O) groups is 1. The number of ketones is 1. The molecule has 0 aliphatic heterocycles. The third-order valence-corrected chi connectivity index (χ3v) is 3.88. The monoisotopic (exact) mass is 356 g/mol. The van der Waals surface area contributed by atoms with Crippen LogP contribution in [0.5, 0.6) is 5.75 Å². The molecule has 1 unspecified atom stereocenters. The Kier molecular flexibility index (Phi) is 5.09. The summed E-state index contributed by atoms with van der Waals surface area (Å²) in [5.74, 6) is -0.0965. The van der Waals surface area contributed by atoms with E-state index >= 15 is 0 Å². The van der Waals surface area contributed by atoms with Crippen LogP contribution >= 0.6 is 0 Å². The van der Waals surface area contributed by atoms with E-state index in [4.69, 9.17) is 4.74 Å². The van der Waals surface area contributed by atoms with E-state index in [0.29, 0.717) is 11.3 Å². The maximum Gasteiger partial charge on any atom is 0.261 e. The van der Waals surface area contributed by atoms with Gasteiger partial charge in [0.25, 0.3) is 5.56 Å². The normalized spacial score (nSPS) is 12.1. The molecule has 6 nitrogen and oxygen atoms in total. The van der Waals surface area contributed by atoms with Gasteiger partial charge in [-0.15, -0.1) is 0 Å². The lowest BCUT2D eigenvalue weighted by atomic mass is 10.1. The molecule has 0 radical (unpaired) electrons. The SMILES string of the molecule is CC(=O)c1cccc(OCC(O)Cn2cnc3cc(F)ccc3c2=O)c1. The van der Waals surface area contributed by atoms with Gasteiger partial charge in [0.2, 0.25) is 0 Å². The van der Waals surface area contributed by atoms with E-state index in [0.717, 1.165) is 0 Å². The van der Waals surface area contributed by atoms with Crippen LogP contribution in [0.25, 0.3) is 10.9 Å². The first kappa shape index (κ1) is 17.8. The molecule has 26 heavy (non-hydrogen) atoms. The Morgan fingerprint density at radius 2 is 2.12 bits per heavy atom. The van der Waals surface area contributed by atoms with Gasteiger partial charge in [-0.2, -0.15) is 0 Å². The second kappa shape index (κ2) is 7.45. The second-order valence-corrected chi connectivity index (χ2v) is 5.91. The number of rotatable bonds is 6. The number of hydrogen-bond donors (Lipinski definition) is 1. The van der Waals surface area contributed by atoms with Gasteiger partial charge in [0.05, 0.1) is 23.8 Å². The summed E-state index contributed by atoms with van der Waals surface area (Å²) < 4.78 is 19.9. The smallest absolute Gasteiger partial charge is 0.261 e. The van der Waals surface area contributed by atoms with Crippen molar-refractivity contribution in [3.8, 4) is 5.75 Å². The number of aliphatic hydroxyl groups is 1. The van der Waals surface area contributed by atoms with Crippen molar-refractivity contribution >= 4 is 16.7 Å². The van der Waals surface area contributed by atoms with Crippen molar-refractivity contribution in [2.24, 2.45) is 0 Å². The minimum absolute atomic E-state index is 0.0223. The van der Waals surface area contributed by atoms with Gasteiger partial charge in [0, 0.05) is 11.6 Å². The maximum atomic E-state index is 13.2. The number of aliphatic hydroxyl groups excluding tert-OH is 1. The molecule has 1 atom stereocenters. The summed E-state index contributed by atoms with van der Waals surface area (Å²) in [7, 11) is 0. The van der Waals surface area contributed by atoms with Crippen molar-refractivity contribution in [1.82, 2.24) is 9.55 Å². The van der Waals surface area contributed by atoms with Gasteiger partial charge in [0.1, 0.15) is 24.3 Å². The molecule has 0 amide bonds. The Morgan fingerprint density at radius 1 is 1.31 bits per heavy atom. The van der Waals surface area contributed by atoms with Crippen LogP contribution < -0.4 is 10.3 Å². The minimum Gasteiger partial charge on any atom is -0.491 e. The highest BCUT2D eigenvalue weighted by Crippen LogP contribution is 2.14. The zero-order valence-corrected chi connectivity index (χ0v) is 14.1. The standard InChI is InChI=1S/C19H17FN2O4/c1-12(23)13-3-2-4-16(7-13)26-10-15(24)9-22-11-21-18-8-14(20)5-6-17(18)19(22)25/h2-8,11,15,24H,9-10H2,1H3. The Morgan fingerprint density at radius 3 is 2.88 bits per heavy atom. The fourth-order valence-corrected chi connectivity index (χ4v) is 2.54. The van der Waals surface area contributed by atoms with E-state index in [2.05, 4.69) is 4.98 Å². The number of hydrogen-bond acceptors (Lipinski definition) is 5. The topological polar surface area (TPSA) is 81.4 Å². The highest BCUT2D eigenvalue weighted by Gasteiger charge is 2.11. The fourth-order valence-electron chi connectivity index (χ4n) is 2.54. The number of carbonyl (C=O) groups excluding carboxylic acids is 1. The molecule has 0 aliphatic rings. The van der Waals surface area contributed by atoms with Gasteiger partial charge in [0.15, 0.2) is 5.78 Å². The molecule has 1 N–H and O–H groups in total. The summed E-state index contributed by atoms with van der Waals surface area (Å²) in [4.78, 5) is 27.8. The number of ether oxygens (including phenoxy) is 1. The molecule has 0 fully saturated rings. The van der Waals surface area contributed by atoms with Crippen molar-refractivity contribution in [2.75, 3.05) is 6.61 Å². The Bertz CT molecular complexity index is 1020. The quantitative estimate of drug-likeness (QED) is 0.685. The van der Waals surface area contributed by atoms with Crippen LogP contribution in [0.4, 0.5) is 4.39 Å². The molecular weight excluding hydrogens is 339 g/mol. The van der Waals surface area contributed by atoms with Crippen LogP contribution in [0.1, 0.15) is 17.3 Å². The molecule has 134 valence electrons. The van der Waals surface area contributed by atoms with Gasteiger partial charge in [-0.05, 0) is 31.2 Å². The summed E-state index contributed by atoms with van der Waals surface area (Å²) in [5.41, 5.74) is 0.407. The van der Waals surface area contributed by atoms with Crippen molar-refractivity contribution in [3.63, 3.8) is 0 Å². The van der Waals surface area contributed by atoms with Crippen LogP contribution in [-0.4, -0.2) is 33.2 Å². The molecule has 0 saturated carbocycles. The largest absolute Gasteiger partial charge is 0.491 e. The lowest BCUT2D eigenvalue weighted by Gasteiger charge is -2.14. The predicted molar refractivity (Wildman–Crippen MR) is 93.9 cm³/mol. The lowest BCUT2D eigenvalue weighted by Crippen LogP contribution is -2.30. The van der Waals surface area contributed by atoms with Gasteiger partial charge >= 0.3 is 0 Å². The highest BCUT2D eigenvalue weighted by molar-refractivity contribution is 5.94. The number of fused-ring (bicyclic) bond motifs is 1. The fraction of sp³-hybridized carbons (Fsp3) is 0.211. The molecule has 1 heterocycles. The lowest BCUT2D eigenvalue weighted by molar-refractivity contribution is 0.0913. The summed E-state index contributed by atoms with van der Waals surface area (Å²) in [6, 6.07) is 10.4. The van der Waals surface area contributed by atoms with Crippen LogP contribution in [0.15, 0.2) is 53.6 Å². The highest BCUT2D eigenvalue weighted by atomic mass is 19.1. The molecule has 3 rings (SSSR count). The minimum atomic E-state index is -0.964. The molecule has 0 bridgehead atoms. The number of aromatic nitrogens is 2. The Balaban J connectivity index is 1.69. The third-order valence-electron chi connectivity index (χ3n) is 3.88. The predicted octanol–water partition coefficient (Wildman–Crippen LogP) is 2.18. The molecule has 7 heteroatoms. The van der Waals surface area contributed by atoms with E-state index < -0.39 is 11.9 Å². The van der Waals surface area contributed by atoms with Crippen LogP contribution in [-0.2, 0) is 6.54 Å². The first-order valence-corrected chi connectivity index (χ1v) is 8.00. The molecule has 3 aromatic rings. The molecule has 0 saturated heterocycles. The van der Waals surface area contributed by atoms with E-state index in [1.165, 1.54) is 36.0 Å². The van der Waals surface area contributed by atoms with Crippen molar-refractivity contribution in [1.29, 1.82) is 0 Å². The number of Topliss-reactive ketones (excluding diaryl/α,β-unsaturated/α-hetero) is 1. The maximum absolute atomic E-state index is 13.2. The molecule has 0 spiro atoms. The number of benzene rings is 2. The van der Waals surface area contributed by atoms with Crippen LogP contribution in [0, 0.1) is 5.82 Å². The first-order chi connectivity index (χ1) is 12.4. The van der Waals surface area contributed by atoms with E-state index in [9.17, 15) is 19.1 Å². The molecule has 2 aromatic carbocycles. The van der Waals surface area contributed by atoms with Gasteiger partial charge < -0.3 is 9.84 Å². The Labute approximate surface area is 148 Å². The van der Waals surface area contributed by atoms with Gasteiger partial charge in [-0.1, -0.05) is 12.1 Å². The van der Waals surface area contributed by atoms with Gasteiger partial charge in [-0.3, -0.25) is 14.2 Å². The van der Waals surface area contributed by atoms with E-state index in [-0.39, 0.29) is 35.4 Å². The first-order valence-electron chi connectivity index (χ1n) is 8.00. The third kappa shape index (κ3) is 3.94. The zero-order chi connectivity index (χ0) is 18.7. The molecular formula is C19H17FN2O4. The van der Waals surface area contributed by atoms with Gasteiger partial charge in [-0.25, -0.2) is 9.37 Å². The summed E-state index contributed by atoms with van der Waals surface area (Å²) >= 11 is 0. The average Bonchev–Trinajstić information content (AvgIpc) is 2.62. The zero-order valence-electron chi connectivity index (χ0n) is 14.1. The number of nitrogens with zero attached hydrogens (tertiary/aromatic N) is 2. The average molecular weight is 356 g/mol. The summed E-state index contributed by atoms with van der Waals surface area (Å²) in [5, 5.41) is 10.4. The Hall–Kier alpha value is -3.06. The van der Waals surface area contributed by atoms with E-state index in [1.54, 1.807) is 24.3 Å². The van der Waals surface area contributed by atoms with Crippen molar-refractivity contribution in [3.05, 3.63) is 70.5 Å². The molecule has 1 aromatic heterocycles. The summed E-state index contributed by atoms with van der Waals surface area (Å²) in [6.07, 6.45) is 0.303. The van der Waals surface area contributed by atoms with E-state index in [1.807, 2.05) is 0 Å². The second-order valence-electron chi connectivity index (χ2n) is 5.91. The summed E-state index contributed by atoms with van der Waals surface area (Å²) in [6.45, 7) is 1.37. The van der Waals surface area contributed by atoms with Crippen LogP contribution in [0.2, 0.25) is 0 Å². The van der Waals surface area contributed by atoms with Crippen LogP contribution in [0.3, 0.4) is 0 Å². The van der Waals surface area contributed by atoms with Crippen molar-refractivity contribution < 1.29 is 19.0 Å². The number of halogens is 1.